The van der Waals surface area contributed by atoms with Gasteiger partial charge in [-0.15, -0.1) is 12.4 Å². The molecule has 0 atom stereocenters. The van der Waals surface area contributed by atoms with E-state index in [4.69, 9.17) is 25.8 Å². The van der Waals surface area contributed by atoms with Gasteiger partial charge < -0.3 is 19.1 Å². The zero-order chi connectivity index (χ0) is 22.4. The number of carbonyl (C=O) groups is 1. The number of hydrogen-bond donors (Lipinski definition) is 0. The van der Waals surface area contributed by atoms with Crippen molar-refractivity contribution in [2.45, 2.75) is 6.42 Å². The van der Waals surface area contributed by atoms with Crippen molar-refractivity contribution >= 4 is 56.6 Å². The smallest absolute Gasteiger partial charge is 0.266 e. The van der Waals surface area contributed by atoms with Crippen LogP contribution < -0.4 is 19.1 Å². The van der Waals surface area contributed by atoms with Crippen molar-refractivity contribution in [3.8, 4) is 17.2 Å². The van der Waals surface area contributed by atoms with Gasteiger partial charge in [0.15, 0.2) is 23.2 Å². The Hall–Kier alpha value is -2.26. The number of rotatable bonds is 10. The standard InChI is InChI=1S/C22H26ClN3O4S.ClH/c1-25(2)12-7-13-26(19(27)14-30-17-9-6-5-8-16(17)28-3)22-24-20-18(29-4)11-10-15(23)21(20)31-22;/h5-6,8-11H,7,12-14H2,1-4H3;1H. The molecule has 0 saturated carbocycles. The van der Waals surface area contributed by atoms with Crippen LogP contribution in [0.1, 0.15) is 6.42 Å². The average molecular weight is 500 g/mol. The molecule has 0 spiro atoms. The van der Waals surface area contributed by atoms with Crippen LogP contribution >= 0.6 is 35.3 Å². The van der Waals surface area contributed by atoms with E-state index in [0.717, 1.165) is 17.7 Å². The fourth-order valence-electron chi connectivity index (χ4n) is 3.05. The summed E-state index contributed by atoms with van der Waals surface area (Å²) < 4.78 is 17.3. The van der Waals surface area contributed by atoms with E-state index in [1.165, 1.54) is 11.3 Å². The van der Waals surface area contributed by atoms with E-state index in [9.17, 15) is 4.79 Å². The predicted molar refractivity (Wildman–Crippen MR) is 132 cm³/mol. The summed E-state index contributed by atoms with van der Waals surface area (Å²) in [5.74, 6) is 1.51. The molecule has 0 aliphatic heterocycles. The van der Waals surface area contributed by atoms with Gasteiger partial charge in [0.25, 0.3) is 5.91 Å². The molecule has 10 heteroatoms. The topological polar surface area (TPSA) is 64.1 Å². The molecule has 0 N–H and O–H groups in total. The van der Waals surface area contributed by atoms with Crippen molar-refractivity contribution < 1.29 is 19.0 Å². The minimum Gasteiger partial charge on any atom is -0.494 e. The van der Waals surface area contributed by atoms with Crippen LogP contribution in [0.5, 0.6) is 17.2 Å². The van der Waals surface area contributed by atoms with E-state index < -0.39 is 0 Å². The molecule has 1 heterocycles. The highest BCUT2D eigenvalue weighted by atomic mass is 35.5. The maximum Gasteiger partial charge on any atom is 0.266 e. The molecule has 2 aromatic carbocycles. The third kappa shape index (κ3) is 6.16. The largest absolute Gasteiger partial charge is 0.494 e. The molecule has 0 bridgehead atoms. The predicted octanol–water partition coefficient (Wildman–Crippen LogP) is 4.75. The molecular weight excluding hydrogens is 473 g/mol. The van der Waals surface area contributed by atoms with Gasteiger partial charge in [-0.25, -0.2) is 4.98 Å². The van der Waals surface area contributed by atoms with Crippen LogP contribution in [0.4, 0.5) is 5.13 Å². The van der Waals surface area contributed by atoms with Crippen molar-refractivity contribution in [1.29, 1.82) is 0 Å². The second kappa shape index (κ2) is 12.1. The third-order valence-corrected chi connectivity index (χ3v) is 6.15. The number of thiazole rings is 1. The monoisotopic (exact) mass is 499 g/mol. The van der Waals surface area contributed by atoms with E-state index in [1.807, 2.05) is 26.2 Å². The van der Waals surface area contributed by atoms with Crippen LogP contribution in [-0.4, -0.2) is 63.8 Å². The maximum atomic E-state index is 13.2. The van der Waals surface area contributed by atoms with Gasteiger partial charge in [0, 0.05) is 6.54 Å². The van der Waals surface area contributed by atoms with Crippen molar-refractivity contribution in [2.75, 3.05) is 52.9 Å². The Morgan fingerprint density at radius 1 is 1.03 bits per heavy atom. The number of para-hydroxylation sites is 2. The number of nitrogens with zero attached hydrogens (tertiary/aromatic N) is 3. The molecule has 32 heavy (non-hydrogen) atoms. The minimum absolute atomic E-state index is 0. The Morgan fingerprint density at radius 2 is 1.72 bits per heavy atom. The second-order valence-corrected chi connectivity index (χ2v) is 8.45. The lowest BCUT2D eigenvalue weighted by Crippen LogP contribution is -2.36. The molecule has 0 aliphatic rings. The first kappa shape index (κ1) is 26.0. The fraction of sp³-hybridized carbons (Fsp3) is 0.364. The summed E-state index contributed by atoms with van der Waals surface area (Å²) in [6.07, 6.45) is 0.786. The number of fused-ring (bicyclic) bond motifs is 1. The average Bonchev–Trinajstić information content (AvgIpc) is 3.21. The molecule has 3 aromatic rings. The van der Waals surface area contributed by atoms with Gasteiger partial charge in [0.2, 0.25) is 0 Å². The zero-order valence-electron chi connectivity index (χ0n) is 18.5. The summed E-state index contributed by atoms with van der Waals surface area (Å²) in [5, 5.41) is 1.14. The molecule has 1 amide bonds. The summed E-state index contributed by atoms with van der Waals surface area (Å²) in [6.45, 7) is 1.21. The van der Waals surface area contributed by atoms with Crippen molar-refractivity contribution in [1.82, 2.24) is 9.88 Å². The fourth-order valence-corrected chi connectivity index (χ4v) is 4.35. The highest BCUT2D eigenvalue weighted by molar-refractivity contribution is 7.23. The minimum atomic E-state index is -0.196. The summed E-state index contributed by atoms with van der Waals surface area (Å²) in [5.41, 5.74) is 0.644. The first-order valence-corrected chi connectivity index (χ1v) is 11.0. The molecule has 7 nitrogen and oxygen atoms in total. The van der Waals surface area contributed by atoms with Gasteiger partial charge >= 0.3 is 0 Å². The van der Waals surface area contributed by atoms with Crippen molar-refractivity contribution in [2.24, 2.45) is 0 Å². The number of hydrogen-bond acceptors (Lipinski definition) is 7. The molecule has 0 unspecified atom stereocenters. The van der Waals surface area contributed by atoms with Crippen LogP contribution in [-0.2, 0) is 4.79 Å². The number of carbonyl (C=O) groups excluding carboxylic acids is 1. The van der Waals surface area contributed by atoms with Crippen LogP contribution in [0.25, 0.3) is 10.2 Å². The Balaban J connectivity index is 0.00000363. The lowest BCUT2D eigenvalue weighted by atomic mass is 10.3. The quantitative estimate of drug-likeness (QED) is 0.400. The molecule has 0 fully saturated rings. The van der Waals surface area contributed by atoms with Gasteiger partial charge in [-0.05, 0) is 51.3 Å². The maximum absolute atomic E-state index is 13.2. The van der Waals surface area contributed by atoms with Gasteiger partial charge in [0.1, 0.15) is 11.3 Å². The number of anilines is 1. The van der Waals surface area contributed by atoms with E-state index in [2.05, 4.69) is 9.88 Å². The van der Waals surface area contributed by atoms with Gasteiger partial charge in [-0.2, -0.15) is 0 Å². The first-order valence-electron chi connectivity index (χ1n) is 9.78. The second-order valence-electron chi connectivity index (χ2n) is 7.07. The number of methoxy groups -OCH3 is 2. The number of halogens is 2. The molecule has 0 aliphatic carbocycles. The molecule has 0 saturated heterocycles. The van der Waals surface area contributed by atoms with E-state index >= 15 is 0 Å². The van der Waals surface area contributed by atoms with Crippen molar-refractivity contribution in [3.63, 3.8) is 0 Å². The number of amides is 1. The van der Waals surface area contributed by atoms with Crippen molar-refractivity contribution in [3.05, 3.63) is 41.4 Å². The molecule has 3 rings (SSSR count). The third-order valence-electron chi connectivity index (χ3n) is 4.61. The first-order chi connectivity index (χ1) is 14.9. The van der Waals surface area contributed by atoms with Gasteiger partial charge in [0.05, 0.1) is 23.9 Å². The van der Waals surface area contributed by atoms with Gasteiger partial charge in [-0.1, -0.05) is 35.1 Å². The molecule has 0 radical (unpaired) electrons. The lowest BCUT2D eigenvalue weighted by molar-refractivity contribution is -0.120. The summed E-state index contributed by atoms with van der Waals surface area (Å²) in [6, 6.07) is 10.8. The molecule has 174 valence electrons. The SMILES string of the molecule is COc1ccccc1OCC(=O)N(CCCN(C)C)c1nc2c(OC)ccc(Cl)c2s1.Cl. The normalized spacial score (nSPS) is 10.7. The van der Waals surface area contributed by atoms with E-state index in [0.29, 0.717) is 39.5 Å². The van der Waals surface area contributed by atoms with E-state index in [1.54, 1.807) is 43.4 Å². The molecular formula is C22H27Cl2N3O4S. The Bertz CT molecular complexity index is 1050. The van der Waals surface area contributed by atoms with E-state index in [-0.39, 0.29) is 24.9 Å². The number of ether oxygens (including phenoxy) is 3. The van der Waals surface area contributed by atoms with Gasteiger partial charge in [-0.3, -0.25) is 9.69 Å². The number of benzene rings is 2. The summed E-state index contributed by atoms with van der Waals surface area (Å²) in [7, 11) is 7.15. The summed E-state index contributed by atoms with van der Waals surface area (Å²) in [4.78, 5) is 21.6. The Morgan fingerprint density at radius 3 is 2.38 bits per heavy atom. The number of aromatic nitrogens is 1. The zero-order valence-corrected chi connectivity index (χ0v) is 20.9. The van der Waals surface area contributed by atoms with Crippen LogP contribution in [0.15, 0.2) is 36.4 Å². The lowest BCUT2D eigenvalue weighted by Gasteiger charge is -2.21. The Kier molecular flexibility index (Phi) is 9.84. The van der Waals surface area contributed by atoms with Crippen LogP contribution in [0.2, 0.25) is 5.02 Å². The Labute approximate surface area is 203 Å². The highest BCUT2D eigenvalue weighted by Gasteiger charge is 2.22. The highest BCUT2D eigenvalue weighted by Crippen LogP contribution is 2.38. The molecule has 1 aromatic heterocycles. The van der Waals surface area contributed by atoms with Crippen LogP contribution in [0.3, 0.4) is 0 Å². The summed E-state index contributed by atoms with van der Waals surface area (Å²) >= 11 is 7.74. The van der Waals surface area contributed by atoms with Crippen LogP contribution in [0, 0.1) is 0 Å².